The van der Waals surface area contributed by atoms with Crippen LogP contribution in [-0.4, -0.2) is 20.6 Å². The fourth-order valence-corrected chi connectivity index (χ4v) is 1.54. The van der Waals surface area contributed by atoms with E-state index in [-0.39, 0.29) is 11.8 Å². The predicted molar refractivity (Wildman–Crippen MR) is 53.4 cm³/mol. The summed E-state index contributed by atoms with van der Waals surface area (Å²) >= 11 is 6.05. The van der Waals surface area contributed by atoms with E-state index in [2.05, 4.69) is 4.98 Å². The summed E-state index contributed by atoms with van der Waals surface area (Å²) in [5, 5.41) is 8.24. The number of carboxylic acids is 1. The van der Waals surface area contributed by atoms with Crippen molar-refractivity contribution in [1.29, 1.82) is 0 Å². The van der Waals surface area contributed by atoms with Crippen LogP contribution in [0.2, 0.25) is 0 Å². The van der Waals surface area contributed by atoms with E-state index in [0.717, 1.165) is 12.2 Å². The molecule has 1 aromatic heterocycles. The number of carboxylic acid groups (broad SMARTS) is 1. The zero-order valence-electron chi connectivity index (χ0n) is 7.98. The molecular weight excluding hydrogens is 204 g/mol. The normalized spacial score (nSPS) is 12.7. The number of halogens is 1. The van der Waals surface area contributed by atoms with Crippen LogP contribution in [0.5, 0.6) is 0 Å². The summed E-state index contributed by atoms with van der Waals surface area (Å²) in [6.45, 7) is 2.79. The standard InChI is InChI=1S/C9H13ClN2O2/c1-2-12-6-11-5-8(12)7(10)3-4-9(13)14/h5-7H,2-4H2,1H3,(H,13,14). The summed E-state index contributed by atoms with van der Waals surface area (Å²) in [4.78, 5) is 14.3. The number of hydrogen-bond donors (Lipinski definition) is 1. The molecule has 0 fully saturated rings. The van der Waals surface area contributed by atoms with Gasteiger partial charge in [0.2, 0.25) is 0 Å². The van der Waals surface area contributed by atoms with E-state index in [1.54, 1.807) is 12.5 Å². The van der Waals surface area contributed by atoms with Crippen LogP contribution in [0, 0.1) is 0 Å². The third kappa shape index (κ3) is 2.73. The summed E-state index contributed by atoms with van der Waals surface area (Å²) in [5.41, 5.74) is 0.885. The Morgan fingerprint density at radius 3 is 3.07 bits per heavy atom. The number of nitrogens with zero attached hydrogens (tertiary/aromatic N) is 2. The zero-order chi connectivity index (χ0) is 10.6. The highest BCUT2D eigenvalue weighted by molar-refractivity contribution is 6.20. The first-order chi connectivity index (χ1) is 6.65. The summed E-state index contributed by atoms with van der Waals surface area (Å²) in [6.07, 6.45) is 3.90. The molecule has 0 aliphatic heterocycles. The Morgan fingerprint density at radius 2 is 2.50 bits per heavy atom. The van der Waals surface area contributed by atoms with Crippen LogP contribution in [0.3, 0.4) is 0 Å². The van der Waals surface area contributed by atoms with Crippen molar-refractivity contribution in [2.75, 3.05) is 0 Å². The minimum absolute atomic E-state index is 0.0864. The molecule has 4 nitrogen and oxygen atoms in total. The summed E-state index contributed by atoms with van der Waals surface area (Å²) in [6, 6.07) is 0. The Labute approximate surface area is 87.5 Å². The van der Waals surface area contributed by atoms with Crippen molar-refractivity contribution in [1.82, 2.24) is 9.55 Å². The van der Waals surface area contributed by atoms with Crippen LogP contribution < -0.4 is 0 Å². The van der Waals surface area contributed by atoms with Gasteiger partial charge in [0.25, 0.3) is 0 Å². The first-order valence-corrected chi connectivity index (χ1v) is 4.94. The molecule has 0 amide bonds. The number of hydrogen-bond acceptors (Lipinski definition) is 2. The SMILES string of the molecule is CCn1cncc1C(Cl)CCC(=O)O. The first kappa shape index (κ1) is 11.0. The third-order valence-corrected chi connectivity index (χ3v) is 2.46. The molecule has 14 heavy (non-hydrogen) atoms. The number of aliphatic carboxylic acids is 1. The Kier molecular flexibility index (Phi) is 3.95. The molecule has 0 aliphatic rings. The molecule has 0 saturated carbocycles. The van der Waals surface area contributed by atoms with Crippen molar-refractivity contribution in [3.05, 3.63) is 18.2 Å². The molecule has 1 aromatic rings. The van der Waals surface area contributed by atoms with Gasteiger partial charge in [-0.25, -0.2) is 4.98 Å². The minimum atomic E-state index is -0.821. The fourth-order valence-electron chi connectivity index (χ4n) is 1.25. The van der Waals surface area contributed by atoms with Gasteiger partial charge >= 0.3 is 5.97 Å². The lowest BCUT2D eigenvalue weighted by Gasteiger charge is -2.09. The van der Waals surface area contributed by atoms with Crippen molar-refractivity contribution in [2.24, 2.45) is 0 Å². The lowest BCUT2D eigenvalue weighted by Crippen LogP contribution is -2.04. The summed E-state index contributed by atoms with van der Waals surface area (Å²) in [7, 11) is 0. The average Bonchev–Trinajstić information content (AvgIpc) is 2.61. The van der Waals surface area contributed by atoms with Gasteiger partial charge < -0.3 is 9.67 Å². The second-order valence-electron chi connectivity index (χ2n) is 3.00. The minimum Gasteiger partial charge on any atom is -0.481 e. The predicted octanol–water partition coefficient (Wildman–Crippen LogP) is 2.05. The van der Waals surface area contributed by atoms with Crippen molar-refractivity contribution >= 4 is 17.6 Å². The van der Waals surface area contributed by atoms with Gasteiger partial charge in [0, 0.05) is 19.2 Å². The fraction of sp³-hybridized carbons (Fsp3) is 0.556. The van der Waals surface area contributed by atoms with Gasteiger partial charge in [0.1, 0.15) is 0 Å². The Morgan fingerprint density at radius 1 is 1.79 bits per heavy atom. The van der Waals surface area contributed by atoms with Gasteiger partial charge in [-0.2, -0.15) is 0 Å². The highest BCUT2D eigenvalue weighted by Crippen LogP contribution is 2.25. The van der Waals surface area contributed by atoms with E-state index >= 15 is 0 Å². The van der Waals surface area contributed by atoms with Crippen LogP contribution in [0.25, 0.3) is 0 Å². The Balaban J connectivity index is 2.59. The number of carbonyl (C=O) groups is 1. The number of alkyl halides is 1. The largest absolute Gasteiger partial charge is 0.481 e. The molecule has 0 spiro atoms. The smallest absolute Gasteiger partial charge is 0.303 e. The van der Waals surface area contributed by atoms with Gasteiger partial charge in [-0.3, -0.25) is 4.79 Å². The molecule has 0 saturated heterocycles. The third-order valence-electron chi connectivity index (χ3n) is 2.02. The monoisotopic (exact) mass is 216 g/mol. The number of imidazole rings is 1. The molecule has 1 heterocycles. The lowest BCUT2D eigenvalue weighted by molar-refractivity contribution is -0.137. The molecule has 1 atom stereocenters. The van der Waals surface area contributed by atoms with Gasteiger partial charge in [-0.15, -0.1) is 11.6 Å². The maximum atomic E-state index is 10.3. The van der Waals surface area contributed by atoms with E-state index in [1.807, 2.05) is 11.5 Å². The van der Waals surface area contributed by atoms with Gasteiger partial charge in [0.15, 0.2) is 0 Å². The molecule has 0 radical (unpaired) electrons. The van der Waals surface area contributed by atoms with Gasteiger partial charge in [0.05, 0.1) is 17.4 Å². The quantitative estimate of drug-likeness (QED) is 0.767. The van der Waals surface area contributed by atoms with E-state index < -0.39 is 5.97 Å². The first-order valence-electron chi connectivity index (χ1n) is 4.51. The van der Waals surface area contributed by atoms with E-state index in [0.29, 0.717) is 6.42 Å². The average molecular weight is 217 g/mol. The molecular formula is C9H13ClN2O2. The second-order valence-corrected chi connectivity index (χ2v) is 3.53. The molecule has 1 unspecified atom stereocenters. The van der Waals surface area contributed by atoms with E-state index in [1.165, 1.54) is 0 Å². The molecule has 1 N–H and O–H groups in total. The lowest BCUT2D eigenvalue weighted by atomic mass is 10.2. The van der Waals surface area contributed by atoms with Crippen molar-refractivity contribution < 1.29 is 9.90 Å². The highest BCUT2D eigenvalue weighted by atomic mass is 35.5. The molecule has 1 rings (SSSR count). The molecule has 0 aromatic carbocycles. The van der Waals surface area contributed by atoms with Gasteiger partial charge in [-0.05, 0) is 13.3 Å². The van der Waals surface area contributed by atoms with Crippen LogP contribution >= 0.6 is 11.6 Å². The number of aromatic nitrogens is 2. The Bertz CT molecular complexity index is 312. The van der Waals surface area contributed by atoms with Crippen LogP contribution in [0.15, 0.2) is 12.5 Å². The number of aryl methyl sites for hydroxylation is 1. The van der Waals surface area contributed by atoms with Crippen LogP contribution in [-0.2, 0) is 11.3 Å². The zero-order valence-corrected chi connectivity index (χ0v) is 8.74. The van der Waals surface area contributed by atoms with Crippen molar-refractivity contribution in [2.45, 2.75) is 31.7 Å². The van der Waals surface area contributed by atoms with Gasteiger partial charge in [-0.1, -0.05) is 0 Å². The van der Waals surface area contributed by atoms with E-state index in [9.17, 15) is 4.79 Å². The van der Waals surface area contributed by atoms with Crippen LogP contribution in [0.1, 0.15) is 30.8 Å². The van der Waals surface area contributed by atoms with Crippen LogP contribution in [0.4, 0.5) is 0 Å². The number of rotatable bonds is 5. The second kappa shape index (κ2) is 5.00. The molecule has 78 valence electrons. The van der Waals surface area contributed by atoms with Crippen molar-refractivity contribution in [3.63, 3.8) is 0 Å². The Hall–Kier alpha value is -1.03. The maximum Gasteiger partial charge on any atom is 0.303 e. The molecule has 5 heteroatoms. The summed E-state index contributed by atoms with van der Waals surface area (Å²) < 4.78 is 1.92. The summed E-state index contributed by atoms with van der Waals surface area (Å²) in [5.74, 6) is -0.821. The molecule has 0 aliphatic carbocycles. The maximum absolute atomic E-state index is 10.3. The topological polar surface area (TPSA) is 55.1 Å². The van der Waals surface area contributed by atoms with Crippen molar-refractivity contribution in [3.8, 4) is 0 Å². The highest BCUT2D eigenvalue weighted by Gasteiger charge is 2.13. The van der Waals surface area contributed by atoms with E-state index in [4.69, 9.17) is 16.7 Å². The molecule has 0 bridgehead atoms.